The van der Waals surface area contributed by atoms with Crippen molar-refractivity contribution in [2.45, 2.75) is 63.7 Å². The topological polar surface area (TPSA) is 9.23 Å². The molecule has 1 nitrogen and oxygen atoms in total. The summed E-state index contributed by atoms with van der Waals surface area (Å²) in [7, 11) is 1.55. The Balaban J connectivity index is 2.53. The molecule has 0 saturated heterocycles. The summed E-state index contributed by atoms with van der Waals surface area (Å²) in [5.41, 5.74) is 0. The zero-order valence-electron chi connectivity index (χ0n) is 12.8. The first kappa shape index (κ1) is 19.6. The first-order chi connectivity index (χ1) is 10.1. The van der Waals surface area contributed by atoms with Crippen LogP contribution in [0.5, 0.6) is 0 Å². The van der Waals surface area contributed by atoms with Gasteiger partial charge in [0.1, 0.15) is 0 Å². The van der Waals surface area contributed by atoms with Gasteiger partial charge in [0.2, 0.25) is 0 Å². The average molecular weight is 334 g/mol. The van der Waals surface area contributed by atoms with Gasteiger partial charge in [0.05, 0.1) is 0 Å². The van der Waals surface area contributed by atoms with Crippen LogP contribution in [-0.4, -0.2) is 26.1 Å². The van der Waals surface area contributed by atoms with E-state index in [0.717, 1.165) is 0 Å². The van der Waals surface area contributed by atoms with E-state index in [9.17, 15) is 26.3 Å². The molecular formula is C15H24F6O. The Morgan fingerprint density at radius 3 is 1.41 bits per heavy atom. The van der Waals surface area contributed by atoms with E-state index in [2.05, 4.69) is 0 Å². The first-order valence-electron chi connectivity index (χ1n) is 7.71. The van der Waals surface area contributed by atoms with E-state index in [1.807, 2.05) is 0 Å². The summed E-state index contributed by atoms with van der Waals surface area (Å²) in [6, 6.07) is 0. The van der Waals surface area contributed by atoms with Crippen molar-refractivity contribution >= 4 is 0 Å². The molecule has 0 amide bonds. The molecule has 0 aromatic carbocycles. The average Bonchev–Trinajstić information content (AvgIpc) is 2.39. The first-order valence-corrected chi connectivity index (χ1v) is 7.71. The van der Waals surface area contributed by atoms with E-state index in [1.54, 1.807) is 7.11 Å². The van der Waals surface area contributed by atoms with Crippen molar-refractivity contribution in [3.8, 4) is 0 Å². The molecular weight excluding hydrogens is 310 g/mol. The molecule has 0 spiro atoms. The second kappa shape index (κ2) is 8.41. The lowest BCUT2D eigenvalue weighted by atomic mass is 9.71. The van der Waals surface area contributed by atoms with Crippen LogP contribution in [0.1, 0.15) is 51.4 Å². The smallest absolute Gasteiger partial charge is 0.385 e. The van der Waals surface area contributed by atoms with Crippen molar-refractivity contribution in [1.29, 1.82) is 0 Å². The highest BCUT2D eigenvalue weighted by atomic mass is 19.4. The van der Waals surface area contributed by atoms with Crippen molar-refractivity contribution in [1.82, 2.24) is 0 Å². The molecule has 1 rings (SSSR count). The zero-order chi connectivity index (χ0) is 16.8. The number of rotatable bonds is 7. The lowest BCUT2D eigenvalue weighted by Gasteiger charge is -2.35. The molecule has 0 heterocycles. The predicted molar refractivity (Wildman–Crippen MR) is 71.4 cm³/mol. The van der Waals surface area contributed by atoms with Crippen LogP contribution in [0.3, 0.4) is 0 Å². The summed E-state index contributed by atoms with van der Waals surface area (Å²) in [5, 5.41) is 0. The third-order valence-electron chi connectivity index (χ3n) is 4.40. The Bertz CT molecular complexity index is 286. The lowest BCUT2D eigenvalue weighted by Crippen LogP contribution is -2.26. The van der Waals surface area contributed by atoms with E-state index < -0.39 is 25.2 Å². The number of alkyl halides is 6. The Labute approximate surface area is 127 Å². The van der Waals surface area contributed by atoms with Crippen molar-refractivity contribution in [3.63, 3.8) is 0 Å². The predicted octanol–water partition coefficient (Wildman–Crippen LogP) is 5.74. The van der Waals surface area contributed by atoms with Crippen LogP contribution in [-0.2, 0) is 4.74 Å². The van der Waals surface area contributed by atoms with Gasteiger partial charge in [0, 0.05) is 26.6 Å². The van der Waals surface area contributed by atoms with Crippen molar-refractivity contribution < 1.29 is 31.1 Å². The molecule has 7 heteroatoms. The van der Waals surface area contributed by atoms with E-state index in [4.69, 9.17) is 4.74 Å². The van der Waals surface area contributed by atoms with E-state index in [0.29, 0.717) is 32.3 Å². The van der Waals surface area contributed by atoms with Crippen LogP contribution >= 0.6 is 0 Å². The number of ether oxygens (including phenoxy) is 1. The quantitative estimate of drug-likeness (QED) is 0.539. The highest BCUT2D eigenvalue weighted by Crippen LogP contribution is 2.41. The van der Waals surface area contributed by atoms with Crippen LogP contribution in [0.4, 0.5) is 26.3 Å². The number of halogens is 6. The van der Waals surface area contributed by atoms with E-state index in [-0.39, 0.29) is 30.6 Å². The van der Waals surface area contributed by atoms with Gasteiger partial charge in [-0.25, -0.2) is 0 Å². The number of methoxy groups -OCH3 is 1. The zero-order valence-corrected chi connectivity index (χ0v) is 12.8. The highest BCUT2D eigenvalue weighted by molar-refractivity contribution is 4.80. The summed E-state index contributed by atoms with van der Waals surface area (Å²) in [6.45, 7) is 0.503. The maximum Gasteiger partial charge on any atom is 0.389 e. The maximum absolute atomic E-state index is 12.3. The van der Waals surface area contributed by atoms with Gasteiger partial charge in [-0.2, -0.15) is 26.3 Å². The van der Waals surface area contributed by atoms with Gasteiger partial charge in [0.15, 0.2) is 0 Å². The van der Waals surface area contributed by atoms with Gasteiger partial charge in [0.25, 0.3) is 0 Å². The van der Waals surface area contributed by atoms with Gasteiger partial charge in [-0.3, -0.25) is 0 Å². The van der Waals surface area contributed by atoms with E-state index in [1.165, 1.54) is 0 Å². The van der Waals surface area contributed by atoms with Gasteiger partial charge in [-0.05, 0) is 56.3 Å². The summed E-state index contributed by atoms with van der Waals surface area (Å²) in [5.74, 6) is -0.0869. The summed E-state index contributed by atoms with van der Waals surface area (Å²) in [6.07, 6.45) is -7.50. The molecule has 0 aromatic rings. The van der Waals surface area contributed by atoms with Crippen LogP contribution in [0.2, 0.25) is 0 Å². The third kappa shape index (κ3) is 8.86. The second-order valence-electron chi connectivity index (χ2n) is 6.39. The molecule has 1 aliphatic carbocycles. The van der Waals surface area contributed by atoms with Crippen molar-refractivity contribution in [2.75, 3.05) is 13.7 Å². The molecule has 0 bridgehead atoms. The van der Waals surface area contributed by atoms with Crippen molar-refractivity contribution in [3.05, 3.63) is 0 Å². The number of hydrogen-bond acceptors (Lipinski definition) is 1. The Kier molecular flexibility index (Phi) is 7.49. The molecule has 22 heavy (non-hydrogen) atoms. The molecule has 0 radical (unpaired) electrons. The fourth-order valence-corrected chi connectivity index (χ4v) is 3.43. The minimum Gasteiger partial charge on any atom is -0.385 e. The fourth-order valence-electron chi connectivity index (χ4n) is 3.43. The minimum atomic E-state index is -4.19. The number of hydrogen-bond donors (Lipinski definition) is 0. The Hall–Kier alpha value is -0.460. The molecule has 0 N–H and O–H groups in total. The lowest BCUT2D eigenvalue weighted by molar-refractivity contribution is -0.141. The third-order valence-corrected chi connectivity index (χ3v) is 4.40. The summed E-state index contributed by atoms with van der Waals surface area (Å²) in [4.78, 5) is 0. The van der Waals surface area contributed by atoms with Gasteiger partial charge in [-0.1, -0.05) is 0 Å². The highest BCUT2D eigenvalue weighted by Gasteiger charge is 2.35. The molecule has 1 aliphatic rings. The van der Waals surface area contributed by atoms with Gasteiger partial charge >= 0.3 is 12.4 Å². The normalized spacial score (nSPS) is 27.1. The minimum absolute atomic E-state index is 0.0233. The Morgan fingerprint density at radius 1 is 0.727 bits per heavy atom. The SMILES string of the molecule is COCCC1CC(CCC(F)(F)F)CC(CCC(F)(F)F)C1. The second-order valence-corrected chi connectivity index (χ2v) is 6.39. The molecule has 132 valence electrons. The molecule has 2 atom stereocenters. The molecule has 0 aliphatic heterocycles. The fraction of sp³-hybridized carbons (Fsp3) is 1.00. The monoisotopic (exact) mass is 334 g/mol. The van der Waals surface area contributed by atoms with Crippen LogP contribution < -0.4 is 0 Å². The van der Waals surface area contributed by atoms with Gasteiger partial charge < -0.3 is 4.74 Å². The molecule has 0 aromatic heterocycles. The summed E-state index contributed by atoms with van der Waals surface area (Å²) >= 11 is 0. The Morgan fingerprint density at radius 2 is 1.09 bits per heavy atom. The van der Waals surface area contributed by atoms with Crippen LogP contribution in [0, 0.1) is 17.8 Å². The summed E-state index contributed by atoms with van der Waals surface area (Å²) < 4.78 is 79.0. The van der Waals surface area contributed by atoms with Gasteiger partial charge in [-0.15, -0.1) is 0 Å². The van der Waals surface area contributed by atoms with E-state index >= 15 is 0 Å². The molecule has 2 unspecified atom stereocenters. The van der Waals surface area contributed by atoms with Crippen molar-refractivity contribution in [2.24, 2.45) is 17.8 Å². The maximum atomic E-state index is 12.3. The molecule has 1 fully saturated rings. The van der Waals surface area contributed by atoms with Crippen LogP contribution in [0.25, 0.3) is 0 Å². The standard InChI is InChI=1S/C15H24F6O/c1-22-7-4-13-9-11(2-5-14(16,17)18)8-12(10-13)3-6-15(19,20)21/h11-13H,2-10H2,1H3. The largest absolute Gasteiger partial charge is 0.389 e. The van der Waals surface area contributed by atoms with Crippen LogP contribution in [0.15, 0.2) is 0 Å². The molecule has 1 saturated carbocycles.